The molecule has 0 aromatic carbocycles. The Labute approximate surface area is 134 Å². The summed E-state index contributed by atoms with van der Waals surface area (Å²) in [4.78, 5) is 0. The Hall–Kier alpha value is 0.450. The van der Waals surface area contributed by atoms with E-state index >= 15 is 0 Å². The van der Waals surface area contributed by atoms with Gasteiger partial charge in [-0.2, -0.15) is 0 Å². The van der Waals surface area contributed by atoms with Gasteiger partial charge in [-0.15, -0.1) is 0 Å². The summed E-state index contributed by atoms with van der Waals surface area (Å²) in [5.41, 5.74) is 0. The Morgan fingerprint density at radius 1 is 0.947 bits per heavy atom. The number of unbranched alkanes of at least 4 members (excludes halogenated alkanes) is 7. The lowest BCUT2D eigenvalue weighted by Gasteiger charge is -2.06. The highest BCUT2D eigenvalue weighted by Gasteiger charge is 2.06. The van der Waals surface area contributed by atoms with Gasteiger partial charge >= 0.3 is 0 Å². The molecule has 0 aliphatic rings. The first-order chi connectivity index (χ1) is 8.87. The number of sulfonamides is 1. The summed E-state index contributed by atoms with van der Waals surface area (Å²) >= 11 is 6.64. The third kappa shape index (κ3) is 13.2. The average Bonchev–Trinajstić information content (AvgIpc) is 2.30. The predicted molar refractivity (Wildman–Crippen MR) is 90.1 cm³/mol. The van der Waals surface area contributed by atoms with Crippen molar-refractivity contribution in [2.24, 2.45) is 0 Å². The molecule has 0 aliphatic carbocycles. The molecule has 0 radical (unpaired) electrons. The van der Waals surface area contributed by atoms with Gasteiger partial charge in [-0.1, -0.05) is 67.8 Å². The third-order valence-electron chi connectivity index (χ3n) is 2.76. The summed E-state index contributed by atoms with van der Waals surface area (Å²) in [6.45, 7) is 2.23. The highest BCUT2D eigenvalue weighted by Crippen LogP contribution is 2.22. The number of halogens is 2. The topological polar surface area (TPSA) is 46.2 Å². The normalized spacial score (nSPS) is 13.3. The van der Waals surface area contributed by atoms with Crippen molar-refractivity contribution in [3.63, 3.8) is 0 Å². The number of nitrogens with one attached hydrogen (secondary N) is 1. The van der Waals surface area contributed by atoms with Crippen molar-refractivity contribution in [2.75, 3.05) is 6.26 Å². The molecule has 0 rings (SSSR count). The lowest BCUT2D eigenvalue weighted by Crippen LogP contribution is -2.19. The van der Waals surface area contributed by atoms with Gasteiger partial charge in [0.05, 0.1) is 6.26 Å². The van der Waals surface area contributed by atoms with Gasteiger partial charge < -0.3 is 0 Å². The summed E-state index contributed by atoms with van der Waals surface area (Å²) in [7, 11) is -3.20. The molecule has 19 heavy (non-hydrogen) atoms. The summed E-state index contributed by atoms with van der Waals surface area (Å²) in [6, 6.07) is 0. The van der Waals surface area contributed by atoms with Gasteiger partial charge in [0.25, 0.3) is 0 Å². The van der Waals surface area contributed by atoms with Crippen molar-refractivity contribution < 1.29 is 8.42 Å². The van der Waals surface area contributed by atoms with E-state index in [9.17, 15) is 8.42 Å². The molecule has 3 nitrogen and oxygen atoms in total. The number of rotatable bonds is 11. The van der Waals surface area contributed by atoms with E-state index in [-0.39, 0.29) is 0 Å². The predicted octanol–water partition coefficient (Wildman–Crippen LogP) is 5.03. The molecule has 0 spiro atoms. The monoisotopic (exact) mass is 417 g/mol. The largest absolute Gasteiger partial charge is 0.277 e. The van der Waals surface area contributed by atoms with Gasteiger partial charge in [0.2, 0.25) is 10.0 Å². The lowest BCUT2D eigenvalue weighted by atomic mass is 10.1. The van der Waals surface area contributed by atoms with Crippen LogP contribution in [0.5, 0.6) is 0 Å². The van der Waals surface area contributed by atoms with E-state index in [0.29, 0.717) is 4.61 Å². The van der Waals surface area contributed by atoms with Crippen molar-refractivity contribution in [1.29, 1.82) is 0 Å². The molecule has 0 fully saturated rings. The van der Waals surface area contributed by atoms with Crippen LogP contribution in [-0.2, 0) is 10.0 Å². The van der Waals surface area contributed by atoms with Crippen LogP contribution < -0.4 is 4.72 Å². The standard InChI is InChI=1S/C13H25Br2NO2S/c1-3-4-5-6-7-8-9-10-11-12(14)13(15)16-19(2,17)18/h16H,3-11H2,1-2H3. The number of hydrogen-bond donors (Lipinski definition) is 1. The second kappa shape index (κ2) is 11.1. The molecule has 114 valence electrons. The molecule has 0 amide bonds. The van der Waals surface area contributed by atoms with E-state index in [4.69, 9.17) is 0 Å². The molecule has 6 heteroatoms. The summed E-state index contributed by atoms with van der Waals surface area (Å²) in [6.07, 6.45) is 12.2. The van der Waals surface area contributed by atoms with Crippen LogP contribution in [0.25, 0.3) is 0 Å². The fraction of sp³-hybridized carbons (Fsp3) is 0.846. The first kappa shape index (κ1) is 19.4. The third-order valence-corrected chi connectivity index (χ3v) is 5.60. The molecule has 0 bridgehead atoms. The molecule has 0 aromatic heterocycles. The van der Waals surface area contributed by atoms with Crippen molar-refractivity contribution in [3.05, 3.63) is 9.09 Å². The molecule has 0 aliphatic heterocycles. The van der Waals surface area contributed by atoms with Crippen LogP contribution in [0, 0.1) is 0 Å². The summed E-state index contributed by atoms with van der Waals surface area (Å²) in [5.74, 6) is 0. The Morgan fingerprint density at radius 3 is 1.89 bits per heavy atom. The molecule has 0 saturated heterocycles. The Balaban J connectivity index is 3.68. The zero-order chi connectivity index (χ0) is 14.7. The minimum atomic E-state index is -3.20. The SMILES string of the molecule is CCCCCCCCCCC(Br)=C(Br)NS(C)(=O)=O. The highest BCUT2D eigenvalue weighted by atomic mass is 79.9. The molecule has 0 unspecified atom stereocenters. The second-order valence-electron chi connectivity index (χ2n) is 4.82. The number of hydrogen-bond acceptors (Lipinski definition) is 2. The van der Waals surface area contributed by atoms with Crippen LogP contribution >= 0.6 is 31.9 Å². The molecule has 0 atom stereocenters. The maximum absolute atomic E-state index is 11.1. The van der Waals surface area contributed by atoms with Crippen molar-refractivity contribution in [1.82, 2.24) is 4.72 Å². The van der Waals surface area contributed by atoms with Gasteiger partial charge in [0.1, 0.15) is 4.61 Å². The van der Waals surface area contributed by atoms with Gasteiger partial charge in [0, 0.05) is 4.48 Å². The minimum Gasteiger partial charge on any atom is -0.277 e. The van der Waals surface area contributed by atoms with Crippen molar-refractivity contribution in [2.45, 2.75) is 64.7 Å². The van der Waals surface area contributed by atoms with Gasteiger partial charge in [-0.25, -0.2) is 8.42 Å². The first-order valence-electron chi connectivity index (χ1n) is 6.88. The molecule has 1 N–H and O–H groups in total. The van der Waals surface area contributed by atoms with Gasteiger partial charge in [0.15, 0.2) is 0 Å². The summed E-state index contributed by atoms with van der Waals surface area (Å²) in [5, 5.41) is 0. The number of allylic oxidation sites excluding steroid dienone is 1. The van der Waals surface area contributed by atoms with E-state index in [1.165, 1.54) is 44.9 Å². The van der Waals surface area contributed by atoms with Crippen LogP contribution in [0.4, 0.5) is 0 Å². The van der Waals surface area contributed by atoms with Crippen molar-refractivity contribution in [3.8, 4) is 0 Å². The average molecular weight is 419 g/mol. The molecule has 0 saturated carbocycles. The van der Waals surface area contributed by atoms with Gasteiger partial charge in [-0.3, -0.25) is 4.72 Å². The Kier molecular flexibility index (Phi) is 11.4. The second-order valence-corrected chi connectivity index (χ2v) is 8.32. The van der Waals surface area contributed by atoms with Crippen LogP contribution in [0.1, 0.15) is 64.7 Å². The molecule has 0 aromatic rings. The van der Waals surface area contributed by atoms with E-state index in [0.717, 1.165) is 23.6 Å². The Morgan fingerprint density at radius 2 is 1.42 bits per heavy atom. The van der Waals surface area contributed by atoms with E-state index in [1.54, 1.807) is 0 Å². The molecular formula is C13H25Br2NO2S. The quantitative estimate of drug-likeness (QED) is 0.378. The Bertz CT molecular complexity index is 367. The maximum atomic E-state index is 11.1. The van der Waals surface area contributed by atoms with Crippen molar-refractivity contribution >= 4 is 41.9 Å². The zero-order valence-corrected chi connectivity index (χ0v) is 15.8. The minimum absolute atomic E-state index is 0.512. The van der Waals surface area contributed by atoms with Crippen LogP contribution in [0.3, 0.4) is 0 Å². The maximum Gasteiger partial charge on any atom is 0.230 e. The van der Waals surface area contributed by atoms with Crippen LogP contribution in [0.2, 0.25) is 0 Å². The zero-order valence-electron chi connectivity index (χ0n) is 11.8. The van der Waals surface area contributed by atoms with Crippen LogP contribution in [0.15, 0.2) is 9.09 Å². The van der Waals surface area contributed by atoms with E-state index in [1.807, 2.05) is 0 Å². The van der Waals surface area contributed by atoms with Gasteiger partial charge in [-0.05, 0) is 28.8 Å². The van der Waals surface area contributed by atoms with Crippen LogP contribution in [-0.4, -0.2) is 14.7 Å². The lowest BCUT2D eigenvalue weighted by molar-refractivity contribution is 0.576. The molecular weight excluding hydrogens is 394 g/mol. The fourth-order valence-electron chi connectivity index (χ4n) is 1.74. The fourth-order valence-corrected chi connectivity index (χ4v) is 3.78. The molecule has 0 heterocycles. The highest BCUT2D eigenvalue weighted by molar-refractivity contribution is 9.14. The smallest absolute Gasteiger partial charge is 0.230 e. The van der Waals surface area contributed by atoms with E-state index in [2.05, 4.69) is 43.5 Å². The summed E-state index contributed by atoms with van der Waals surface area (Å²) < 4.78 is 25.9. The van der Waals surface area contributed by atoms with E-state index < -0.39 is 10.0 Å². The first-order valence-corrected chi connectivity index (χ1v) is 10.4.